The van der Waals surface area contributed by atoms with E-state index in [1.807, 2.05) is 51.3 Å². The summed E-state index contributed by atoms with van der Waals surface area (Å²) in [4.78, 5) is 18.2. The number of aryl methyl sites for hydroxylation is 1. The molecule has 5 nitrogen and oxygen atoms in total. The Bertz CT molecular complexity index is 2220. The van der Waals surface area contributed by atoms with Gasteiger partial charge in [-0.05, 0) is 66.8 Å². The molecule has 0 aliphatic carbocycles. The average Bonchev–Trinajstić information content (AvgIpc) is 3.68. The van der Waals surface area contributed by atoms with Gasteiger partial charge in [0.1, 0.15) is 11.3 Å². The van der Waals surface area contributed by atoms with Crippen molar-refractivity contribution in [3.8, 4) is 0 Å². The fourth-order valence-corrected chi connectivity index (χ4v) is 8.63. The van der Waals surface area contributed by atoms with Crippen LogP contribution in [-0.4, -0.2) is 24.7 Å². The Labute approximate surface area is 295 Å². The Morgan fingerprint density at radius 2 is 1.62 bits per heavy atom. The van der Waals surface area contributed by atoms with Gasteiger partial charge < -0.3 is 9.51 Å². The molecule has 0 spiro atoms. The van der Waals surface area contributed by atoms with E-state index in [0.29, 0.717) is 0 Å². The predicted molar refractivity (Wildman–Crippen MR) is 196 cm³/mol. The van der Waals surface area contributed by atoms with Crippen LogP contribution < -0.4 is 0 Å². The number of allylic oxidation sites excluding steroid dienone is 2. The second-order valence-electron chi connectivity index (χ2n) is 13.9. The molecule has 0 aliphatic rings. The Morgan fingerprint density at radius 1 is 0.957 bits per heavy atom. The first kappa shape index (κ1) is 35.1. The molecule has 5 aromatic heterocycles. The fraction of sp³-hybridized carbons (Fsp3) is 0.400. The number of aliphatic hydroxyl groups is 1. The minimum atomic E-state index is 0. The Balaban J connectivity index is 0.000000234. The number of ketones is 1. The van der Waals surface area contributed by atoms with Gasteiger partial charge in [-0.1, -0.05) is 77.6 Å². The van der Waals surface area contributed by atoms with Crippen LogP contribution in [0.15, 0.2) is 60.5 Å². The number of hydrogen-bond donors (Lipinski definition) is 1. The smallest absolute Gasteiger partial charge is 0.162 e. The van der Waals surface area contributed by atoms with Crippen molar-refractivity contribution in [2.45, 2.75) is 87.5 Å². The second-order valence-corrected chi connectivity index (χ2v) is 15.0. The van der Waals surface area contributed by atoms with Crippen LogP contribution in [0.2, 0.25) is 0 Å². The van der Waals surface area contributed by atoms with Crippen molar-refractivity contribution >= 4 is 71.2 Å². The van der Waals surface area contributed by atoms with Gasteiger partial charge in [-0.2, -0.15) is 24.3 Å². The van der Waals surface area contributed by atoms with Crippen molar-refractivity contribution in [2.24, 2.45) is 17.3 Å². The number of carbonyl (C=O) groups excluding carboxylic acids is 1. The molecular weight excluding hydrogens is 779 g/mol. The summed E-state index contributed by atoms with van der Waals surface area (Å²) in [5.74, 6) is 0.547. The van der Waals surface area contributed by atoms with Crippen molar-refractivity contribution in [3.05, 3.63) is 77.0 Å². The second kappa shape index (κ2) is 13.7. The molecule has 5 heterocycles. The number of thiophene rings is 1. The summed E-state index contributed by atoms with van der Waals surface area (Å²) in [7, 11) is 0. The van der Waals surface area contributed by atoms with Gasteiger partial charge in [0.25, 0.3) is 0 Å². The first-order chi connectivity index (χ1) is 22.0. The van der Waals surface area contributed by atoms with E-state index in [1.165, 1.54) is 59.4 Å². The SMILES string of the molecule is CCC(CC)C(=O)/C=C(\O)C(CC)CC.Cc1cnc2c3c1sc(CC(C)(C)C)c3n1c3ccccc3c3c4ccc[c-]c4n2c31.[Ir]. The monoisotopic (exact) mass is 825 g/mol. The number of fused-ring (bicyclic) bond motifs is 8. The summed E-state index contributed by atoms with van der Waals surface area (Å²) in [5.41, 5.74) is 7.44. The molecule has 0 atom stereocenters. The van der Waals surface area contributed by atoms with Gasteiger partial charge in [-0.3, -0.25) is 9.20 Å². The Kier molecular flexibility index (Phi) is 10.2. The fourth-order valence-electron chi connectivity index (χ4n) is 7.08. The van der Waals surface area contributed by atoms with E-state index < -0.39 is 0 Å². The van der Waals surface area contributed by atoms with E-state index >= 15 is 0 Å². The van der Waals surface area contributed by atoms with Crippen molar-refractivity contribution in [1.29, 1.82) is 0 Å². The number of aliphatic hydroxyl groups excluding tert-OH is 1. The van der Waals surface area contributed by atoms with Gasteiger partial charge in [0, 0.05) is 53.8 Å². The summed E-state index contributed by atoms with van der Waals surface area (Å²) in [5, 5.41) is 14.9. The maximum Gasteiger partial charge on any atom is 0.162 e. The van der Waals surface area contributed by atoms with E-state index in [9.17, 15) is 9.90 Å². The standard InChI is InChI=1S/C27H22N3S.C13H24O2.Ir/c1-15-14-28-25-22-23(20(31-24(15)22)13-27(2,3)4)29-18-11-7-5-9-16(18)21-17-10-6-8-12-19(17)30(25)26(21)29;1-5-10(6-2)12(14)9-13(15)11(7-3)8-4;/h5-11,14H,13H2,1-4H3;9-11,14H,5-8H2,1-4H3;/q-1;;/b;12-9-;. The number of rotatable bonds is 8. The van der Waals surface area contributed by atoms with Crippen LogP contribution >= 0.6 is 11.3 Å². The van der Waals surface area contributed by atoms with Crippen LogP contribution in [0, 0.1) is 30.2 Å². The molecule has 0 saturated heterocycles. The normalized spacial score (nSPS) is 12.8. The van der Waals surface area contributed by atoms with E-state index in [-0.39, 0.29) is 48.9 Å². The number of nitrogens with zero attached hydrogens (tertiary/aromatic N) is 3. The summed E-state index contributed by atoms with van der Waals surface area (Å²) in [6.45, 7) is 17.2. The van der Waals surface area contributed by atoms with Crippen LogP contribution in [-0.2, 0) is 31.3 Å². The predicted octanol–water partition coefficient (Wildman–Crippen LogP) is 11.3. The van der Waals surface area contributed by atoms with E-state index in [4.69, 9.17) is 4.98 Å². The molecule has 0 amide bonds. The quantitative estimate of drug-likeness (QED) is 0.0943. The zero-order valence-electron chi connectivity index (χ0n) is 28.8. The molecule has 0 saturated carbocycles. The number of para-hydroxylation sites is 2. The molecule has 1 radical (unpaired) electrons. The van der Waals surface area contributed by atoms with Gasteiger partial charge >= 0.3 is 0 Å². The number of hydrogen-bond acceptors (Lipinski definition) is 4. The van der Waals surface area contributed by atoms with Gasteiger partial charge in [0.15, 0.2) is 5.78 Å². The zero-order chi connectivity index (χ0) is 32.9. The number of pyridine rings is 1. The molecule has 7 heteroatoms. The first-order valence-electron chi connectivity index (χ1n) is 16.8. The van der Waals surface area contributed by atoms with Crippen molar-refractivity contribution in [2.75, 3.05) is 0 Å². The van der Waals surface area contributed by atoms with E-state index in [0.717, 1.165) is 43.3 Å². The summed E-state index contributed by atoms with van der Waals surface area (Å²) >= 11 is 1.95. The van der Waals surface area contributed by atoms with Gasteiger partial charge in [-0.15, -0.1) is 11.3 Å². The molecule has 7 aromatic rings. The van der Waals surface area contributed by atoms with E-state index in [2.05, 4.69) is 79.0 Å². The molecule has 0 fully saturated rings. The van der Waals surface area contributed by atoms with Gasteiger partial charge in [0.2, 0.25) is 0 Å². The molecule has 0 unspecified atom stereocenters. The van der Waals surface area contributed by atoms with Crippen LogP contribution in [0.1, 0.15) is 84.6 Å². The maximum atomic E-state index is 11.7. The minimum Gasteiger partial charge on any atom is -0.512 e. The van der Waals surface area contributed by atoms with E-state index in [1.54, 1.807) is 0 Å². The molecule has 7 rings (SSSR count). The number of carbonyl (C=O) groups is 1. The molecule has 1 N–H and O–H groups in total. The van der Waals surface area contributed by atoms with Crippen molar-refractivity contribution in [1.82, 2.24) is 13.8 Å². The van der Waals surface area contributed by atoms with Crippen LogP contribution in [0.4, 0.5) is 0 Å². The first-order valence-corrected chi connectivity index (χ1v) is 17.7. The molecule has 47 heavy (non-hydrogen) atoms. The molecule has 0 aliphatic heterocycles. The molecule has 2 aromatic carbocycles. The topological polar surface area (TPSA) is 59.0 Å². The minimum absolute atomic E-state index is 0. The summed E-state index contributed by atoms with van der Waals surface area (Å²) in [6.07, 6.45) is 7.99. The van der Waals surface area contributed by atoms with Crippen LogP contribution in [0.25, 0.3) is 54.1 Å². The molecular formula is C40H46IrN3O2S-. The third-order valence-corrected chi connectivity index (χ3v) is 10.8. The summed E-state index contributed by atoms with van der Waals surface area (Å²) in [6, 6.07) is 18.7. The third-order valence-electron chi connectivity index (χ3n) is 9.51. The molecule has 249 valence electrons. The van der Waals surface area contributed by atoms with Gasteiger partial charge in [0.05, 0.1) is 22.2 Å². The van der Waals surface area contributed by atoms with Crippen molar-refractivity contribution < 1.29 is 30.0 Å². The van der Waals surface area contributed by atoms with Crippen LogP contribution in [0.3, 0.4) is 0 Å². The largest absolute Gasteiger partial charge is 0.512 e. The molecule has 0 bridgehead atoms. The Hall–Kier alpha value is -3.25. The maximum absolute atomic E-state index is 11.7. The van der Waals surface area contributed by atoms with Gasteiger partial charge in [-0.25, -0.2) is 4.98 Å². The number of benzene rings is 2. The number of aromatic nitrogens is 3. The average molecular weight is 825 g/mol. The summed E-state index contributed by atoms with van der Waals surface area (Å²) < 4.78 is 6.20. The van der Waals surface area contributed by atoms with Crippen LogP contribution in [0.5, 0.6) is 0 Å². The van der Waals surface area contributed by atoms with Crippen molar-refractivity contribution in [3.63, 3.8) is 0 Å². The Morgan fingerprint density at radius 3 is 2.28 bits per heavy atom. The third kappa shape index (κ3) is 6.00. The zero-order valence-corrected chi connectivity index (χ0v) is 32.0.